The van der Waals surface area contributed by atoms with E-state index in [1.165, 1.54) is 26.4 Å². The van der Waals surface area contributed by atoms with Gasteiger partial charge in [-0.15, -0.1) is 0 Å². The number of rotatable bonds is 7. The van der Waals surface area contributed by atoms with E-state index in [2.05, 4.69) is 30.2 Å². The molecule has 0 spiro atoms. The summed E-state index contributed by atoms with van der Waals surface area (Å²) in [6.07, 6.45) is 4.25. The maximum Gasteiger partial charge on any atom is 0.267 e. The van der Waals surface area contributed by atoms with E-state index in [1.807, 2.05) is 0 Å². The number of aromatic amines is 1. The van der Waals surface area contributed by atoms with Crippen LogP contribution in [-0.2, 0) is 10.0 Å². The standard InChI is InChI=1S/C20H17ClF2N6O3S/c1-10(27-13-5-11-7-26-28-19(11)24-9-13)17-14(22)3-4-15(18(17)23)29-33(30,31)16-6-12(21)8-25-20(16)32-2/h3-10,27,29H,1-2H3,(H,24,26,28). The quantitative estimate of drug-likeness (QED) is 0.350. The van der Waals surface area contributed by atoms with Crippen LogP contribution in [0.15, 0.2) is 47.8 Å². The maximum absolute atomic E-state index is 15.3. The summed E-state index contributed by atoms with van der Waals surface area (Å²) in [5.41, 5.74) is 0.244. The van der Waals surface area contributed by atoms with E-state index < -0.39 is 38.3 Å². The molecule has 4 aromatic rings. The predicted octanol–water partition coefficient (Wildman–Crippen LogP) is 4.27. The molecule has 0 radical (unpaired) electrons. The van der Waals surface area contributed by atoms with Crippen molar-refractivity contribution in [2.24, 2.45) is 0 Å². The van der Waals surface area contributed by atoms with Gasteiger partial charge in [0, 0.05) is 17.1 Å². The smallest absolute Gasteiger partial charge is 0.267 e. The zero-order valence-electron chi connectivity index (χ0n) is 17.2. The van der Waals surface area contributed by atoms with Gasteiger partial charge >= 0.3 is 0 Å². The first kappa shape index (κ1) is 22.7. The van der Waals surface area contributed by atoms with Gasteiger partial charge < -0.3 is 10.1 Å². The largest absolute Gasteiger partial charge is 0.480 e. The Morgan fingerprint density at radius 3 is 2.70 bits per heavy atom. The molecular weight excluding hydrogens is 478 g/mol. The van der Waals surface area contributed by atoms with Gasteiger partial charge in [-0.1, -0.05) is 11.6 Å². The topological polar surface area (TPSA) is 122 Å². The maximum atomic E-state index is 15.3. The van der Waals surface area contributed by atoms with Crippen LogP contribution in [0.5, 0.6) is 5.88 Å². The Balaban J connectivity index is 1.65. The van der Waals surface area contributed by atoms with Gasteiger partial charge in [-0.05, 0) is 31.2 Å². The highest BCUT2D eigenvalue weighted by molar-refractivity contribution is 7.92. The zero-order valence-corrected chi connectivity index (χ0v) is 18.8. The Morgan fingerprint density at radius 1 is 1.15 bits per heavy atom. The number of nitrogens with zero attached hydrogens (tertiary/aromatic N) is 3. The molecule has 1 atom stereocenters. The lowest BCUT2D eigenvalue weighted by atomic mass is 10.1. The van der Waals surface area contributed by atoms with Crippen LogP contribution < -0.4 is 14.8 Å². The summed E-state index contributed by atoms with van der Waals surface area (Å²) in [6.45, 7) is 1.53. The summed E-state index contributed by atoms with van der Waals surface area (Å²) in [6, 6.07) is 3.91. The molecule has 0 fully saturated rings. The molecule has 0 aliphatic heterocycles. The molecule has 4 rings (SSSR count). The van der Waals surface area contributed by atoms with E-state index >= 15 is 4.39 Å². The lowest BCUT2D eigenvalue weighted by Crippen LogP contribution is -2.18. The van der Waals surface area contributed by atoms with Gasteiger partial charge in [0.2, 0.25) is 5.88 Å². The second kappa shape index (κ2) is 8.79. The van der Waals surface area contributed by atoms with Crippen molar-refractivity contribution in [1.82, 2.24) is 20.2 Å². The number of sulfonamides is 1. The normalized spacial score (nSPS) is 12.5. The summed E-state index contributed by atoms with van der Waals surface area (Å²) in [5, 5.41) is 10.3. The van der Waals surface area contributed by atoms with Crippen LogP contribution in [0.4, 0.5) is 20.2 Å². The summed E-state index contributed by atoms with van der Waals surface area (Å²) in [4.78, 5) is 7.57. The second-order valence-electron chi connectivity index (χ2n) is 6.99. The molecule has 0 saturated carbocycles. The van der Waals surface area contributed by atoms with Crippen molar-refractivity contribution >= 4 is 44.0 Å². The fraction of sp³-hybridized carbons (Fsp3) is 0.150. The molecule has 33 heavy (non-hydrogen) atoms. The Hall–Kier alpha value is -3.51. The van der Waals surface area contributed by atoms with Gasteiger partial charge in [-0.25, -0.2) is 27.2 Å². The van der Waals surface area contributed by atoms with Crippen molar-refractivity contribution in [3.8, 4) is 5.88 Å². The highest BCUT2D eigenvalue weighted by atomic mass is 35.5. The van der Waals surface area contributed by atoms with Crippen LogP contribution in [0, 0.1) is 11.6 Å². The minimum Gasteiger partial charge on any atom is -0.480 e. The number of benzene rings is 1. The molecule has 0 aliphatic carbocycles. The van der Waals surface area contributed by atoms with E-state index in [4.69, 9.17) is 16.3 Å². The Bertz CT molecular complexity index is 1450. The molecule has 3 N–H and O–H groups in total. The number of halogens is 3. The summed E-state index contributed by atoms with van der Waals surface area (Å²) < 4.78 is 62.7. The Morgan fingerprint density at radius 2 is 1.94 bits per heavy atom. The minimum atomic E-state index is -4.36. The van der Waals surface area contributed by atoms with Crippen LogP contribution in [0.25, 0.3) is 11.0 Å². The van der Waals surface area contributed by atoms with E-state index in [9.17, 15) is 12.8 Å². The highest BCUT2D eigenvalue weighted by Gasteiger charge is 2.26. The van der Waals surface area contributed by atoms with Gasteiger partial charge in [0.05, 0.1) is 41.9 Å². The third-order valence-corrected chi connectivity index (χ3v) is 6.31. The first-order valence-electron chi connectivity index (χ1n) is 9.45. The number of anilines is 2. The highest BCUT2D eigenvalue weighted by Crippen LogP contribution is 2.32. The molecule has 1 unspecified atom stereocenters. The monoisotopic (exact) mass is 494 g/mol. The molecule has 13 heteroatoms. The number of aromatic nitrogens is 4. The van der Waals surface area contributed by atoms with Crippen LogP contribution in [0.3, 0.4) is 0 Å². The van der Waals surface area contributed by atoms with E-state index in [1.54, 1.807) is 12.3 Å². The fourth-order valence-electron chi connectivity index (χ4n) is 3.24. The number of nitrogens with one attached hydrogen (secondary N) is 3. The molecule has 0 saturated heterocycles. The first-order valence-corrected chi connectivity index (χ1v) is 11.3. The molecule has 0 bridgehead atoms. The molecule has 3 heterocycles. The molecular formula is C20H17ClF2N6O3S. The third kappa shape index (κ3) is 4.52. The predicted molar refractivity (Wildman–Crippen MR) is 119 cm³/mol. The van der Waals surface area contributed by atoms with E-state index in [0.717, 1.165) is 18.2 Å². The number of methoxy groups -OCH3 is 1. The number of pyridine rings is 2. The van der Waals surface area contributed by atoms with E-state index in [0.29, 0.717) is 16.7 Å². The summed E-state index contributed by atoms with van der Waals surface area (Å²) >= 11 is 5.85. The molecule has 0 aliphatic rings. The summed E-state index contributed by atoms with van der Waals surface area (Å²) in [5.74, 6) is -2.16. The van der Waals surface area contributed by atoms with E-state index in [-0.39, 0.29) is 16.5 Å². The van der Waals surface area contributed by atoms with Crippen molar-refractivity contribution in [1.29, 1.82) is 0 Å². The molecule has 9 nitrogen and oxygen atoms in total. The zero-order chi connectivity index (χ0) is 23.8. The lowest BCUT2D eigenvalue weighted by Gasteiger charge is -2.19. The van der Waals surface area contributed by atoms with Gasteiger partial charge in [0.1, 0.15) is 5.82 Å². The number of hydrogen-bond donors (Lipinski definition) is 3. The van der Waals surface area contributed by atoms with Crippen LogP contribution in [-0.4, -0.2) is 35.7 Å². The molecule has 1 aromatic carbocycles. The Kier molecular flexibility index (Phi) is 6.04. The van der Waals surface area contributed by atoms with Crippen LogP contribution in [0.1, 0.15) is 18.5 Å². The fourth-order valence-corrected chi connectivity index (χ4v) is 4.66. The van der Waals surface area contributed by atoms with Crippen molar-refractivity contribution in [3.63, 3.8) is 0 Å². The number of hydrogen-bond acceptors (Lipinski definition) is 7. The minimum absolute atomic E-state index is 0.0393. The third-order valence-electron chi connectivity index (χ3n) is 4.75. The van der Waals surface area contributed by atoms with Crippen molar-refractivity contribution < 1.29 is 21.9 Å². The first-order chi connectivity index (χ1) is 15.7. The lowest BCUT2D eigenvalue weighted by molar-refractivity contribution is 0.385. The van der Waals surface area contributed by atoms with Gasteiger partial charge in [-0.3, -0.25) is 9.82 Å². The average molecular weight is 495 g/mol. The number of fused-ring (bicyclic) bond motifs is 1. The number of ether oxygens (including phenoxy) is 1. The summed E-state index contributed by atoms with van der Waals surface area (Å²) in [7, 11) is -3.13. The molecule has 3 aromatic heterocycles. The van der Waals surface area contributed by atoms with Crippen molar-refractivity contribution in [2.75, 3.05) is 17.1 Å². The van der Waals surface area contributed by atoms with Gasteiger partial charge in [0.25, 0.3) is 10.0 Å². The Labute approximate surface area is 192 Å². The van der Waals surface area contributed by atoms with Gasteiger partial charge in [0.15, 0.2) is 16.4 Å². The average Bonchev–Trinajstić information content (AvgIpc) is 3.23. The molecule has 172 valence electrons. The van der Waals surface area contributed by atoms with Crippen molar-refractivity contribution in [2.45, 2.75) is 17.9 Å². The second-order valence-corrected chi connectivity index (χ2v) is 9.07. The number of H-pyrrole nitrogens is 1. The van der Waals surface area contributed by atoms with Gasteiger partial charge in [-0.2, -0.15) is 5.10 Å². The van der Waals surface area contributed by atoms with Crippen LogP contribution in [0.2, 0.25) is 5.02 Å². The SMILES string of the molecule is COc1ncc(Cl)cc1S(=O)(=O)Nc1ccc(F)c(C(C)Nc2cnc3[nH]ncc3c2)c1F. The van der Waals surface area contributed by atoms with Crippen LogP contribution >= 0.6 is 11.6 Å². The molecule has 0 amide bonds. The van der Waals surface area contributed by atoms with Crippen molar-refractivity contribution in [3.05, 3.63) is 65.1 Å².